The standard InChI is InChI=1S/C24H30N2O3/c1-23(2,3)18-7-5-17(6-8-18)19-9-10-20(29-19)21(27)26-15-12-24(13-16-26)11-14-25(4)22(24)28/h5-10H,11-16H2,1-4H3. The molecule has 5 nitrogen and oxygen atoms in total. The van der Waals surface area contributed by atoms with Crippen LogP contribution in [-0.2, 0) is 10.2 Å². The van der Waals surface area contributed by atoms with Crippen LogP contribution in [0.2, 0.25) is 0 Å². The van der Waals surface area contributed by atoms with Crippen molar-refractivity contribution in [2.24, 2.45) is 5.41 Å². The third-order valence-corrected chi connectivity index (χ3v) is 6.59. The number of piperidine rings is 1. The van der Waals surface area contributed by atoms with Crippen LogP contribution in [0.5, 0.6) is 0 Å². The Bertz CT molecular complexity index is 912. The van der Waals surface area contributed by atoms with Gasteiger partial charge in [-0.05, 0) is 42.4 Å². The fourth-order valence-corrected chi connectivity index (χ4v) is 4.50. The Morgan fingerprint density at radius 2 is 1.59 bits per heavy atom. The van der Waals surface area contributed by atoms with Crippen LogP contribution in [0.15, 0.2) is 40.8 Å². The molecular formula is C24H30N2O3. The van der Waals surface area contributed by atoms with Crippen molar-refractivity contribution in [2.45, 2.75) is 45.4 Å². The van der Waals surface area contributed by atoms with Gasteiger partial charge in [-0.1, -0.05) is 45.0 Å². The van der Waals surface area contributed by atoms with Crippen molar-refractivity contribution in [3.8, 4) is 11.3 Å². The van der Waals surface area contributed by atoms with Gasteiger partial charge in [-0.15, -0.1) is 0 Å². The second-order valence-corrected chi connectivity index (χ2v) is 9.54. The van der Waals surface area contributed by atoms with Gasteiger partial charge in [0.1, 0.15) is 5.76 Å². The molecule has 2 fully saturated rings. The second kappa shape index (κ2) is 7.05. The summed E-state index contributed by atoms with van der Waals surface area (Å²) in [5, 5.41) is 0. The average Bonchev–Trinajstić information content (AvgIpc) is 3.30. The highest BCUT2D eigenvalue weighted by atomic mass is 16.4. The molecule has 0 aliphatic carbocycles. The SMILES string of the molecule is CN1CCC2(CCN(C(=O)c3ccc(-c4ccc(C(C)(C)C)cc4)o3)CC2)C1=O. The summed E-state index contributed by atoms with van der Waals surface area (Å²) in [6.45, 7) is 8.59. The fourth-order valence-electron chi connectivity index (χ4n) is 4.50. The van der Waals surface area contributed by atoms with Crippen molar-refractivity contribution in [3.63, 3.8) is 0 Å². The highest BCUT2D eigenvalue weighted by Crippen LogP contribution is 2.41. The molecule has 1 spiro atoms. The molecule has 2 saturated heterocycles. The molecule has 5 heteroatoms. The van der Waals surface area contributed by atoms with E-state index >= 15 is 0 Å². The monoisotopic (exact) mass is 394 g/mol. The molecule has 1 aromatic heterocycles. The number of hydrogen-bond acceptors (Lipinski definition) is 3. The van der Waals surface area contributed by atoms with E-state index in [2.05, 4.69) is 32.9 Å². The highest BCUT2D eigenvalue weighted by Gasteiger charge is 2.47. The minimum Gasteiger partial charge on any atom is -0.451 e. The average molecular weight is 395 g/mol. The van der Waals surface area contributed by atoms with Crippen molar-refractivity contribution in [1.29, 1.82) is 0 Å². The second-order valence-electron chi connectivity index (χ2n) is 9.54. The Kier molecular flexibility index (Phi) is 4.80. The van der Waals surface area contributed by atoms with Gasteiger partial charge in [-0.3, -0.25) is 9.59 Å². The maximum atomic E-state index is 12.9. The summed E-state index contributed by atoms with van der Waals surface area (Å²) >= 11 is 0. The third-order valence-electron chi connectivity index (χ3n) is 6.59. The molecule has 1 aromatic carbocycles. The zero-order chi connectivity index (χ0) is 20.8. The number of nitrogens with zero attached hydrogens (tertiary/aromatic N) is 2. The van der Waals surface area contributed by atoms with E-state index in [1.165, 1.54) is 5.56 Å². The first-order valence-corrected chi connectivity index (χ1v) is 10.5. The van der Waals surface area contributed by atoms with E-state index in [-0.39, 0.29) is 22.6 Å². The van der Waals surface area contributed by atoms with E-state index < -0.39 is 0 Å². The number of furan rings is 1. The molecule has 2 aliphatic rings. The van der Waals surface area contributed by atoms with E-state index in [1.54, 1.807) is 6.07 Å². The van der Waals surface area contributed by atoms with Crippen molar-refractivity contribution in [1.82, 2.24) is 9.80 Å². The normalized spacial score (nSPS) is 19.2. The molecule has 3 heterocycles. The first-order valence-electron chi connectivity index (χ1n) is 10.5. The molecule has 2 amide bonds. The molecule has 0 unspecified atom stereocenters. The van der Waals surface area contributed by atoms with Crippen LogP contribution in [0, 0.1) is 5.41 Å². The number of amides is 2. The number of carbonyl (C=O) groups is 2. The van der Waals surface area contributed by atoms with Crippen molar-refractivity contribution < 1.29 is 14.0 Å². The van der Waals surface area contributed by atoms with Crippen LogP contribution >= 0.6 is 0 Å². The zero-order valence-electron chi connectivity index (χ0n) is 17.8. The van der Waals surface area contributed by atoms with Gasteiger partial charge in [0.15, 0.2) is 5.76 Å². The molecule has 0 atom stereocenters. The molecule has 0 N–H and O–H groups in total. The summed E-state index contributed by atoms with van der Waals surface area (Å²) in [5.41, 5.74) is 2.08. The lowest BCUT2D eigenvalue weighted by molar-refractivity contribution is -0.137. The van der Waals surface area contributed by atoms with Crippen LogP contribution in [-0.4, -0.2) is 48.3 Å². The lowest BCUT2D eigenvalue weighted by Crippen LogP contribution is -2.46. The van der Waals surface area contributed by atoms with Crippen molar-refractivity contribution in [3.05, 3.63) is 47.7 Å². The minimum absolute atomic E-state index is 0.0868. The zero-order valence-corrected chi connectivity index (χ0v) is 17.8. The maximum Gasteiger partial charge on any atom is 0.289 e. The molecule has 0 bridgehead atoms. The molecule has 2 aromatic rings. The molecule has 0 saturated carbocycles. The van der Waals surface area contributed by atoms with Crippen LogP contribution in [0.4, 0.5) is 0 Å². The summed E-state index contributed by atoms with van der Waals surface area (Å²) in [5.74, 6) is 1.22. The van der Waals surface area contributed by atoms with Gasteiger partial charge in [0.05, 0.1) is 5.41 Å². The molecule has 2 aliphatic heterocycles. The number of benzene rings is 1. The quantitative estimate of drug-likeness (QED) is 0.762. The summed E-state index contributed by atoms with van der Waals surface area (Å²) in [6, 6.07) is 11.9. The number of hydrogen-bond donors (Lipinski definition) is 0. The lowest BCUT2D eigenvalue weighted by Gasteiger charge is -2.37. The maximum absolute atomic E-state index is 12.9. The van der Waals surface area contributed by atoms with Gasteiger partial charge in [0, 0.05) is 32.2 Å². The van der Waals surface area contributed by atoms with E-state index in [9.17, 15) is 9.59 Å². The van der Waals surface area contributed by atoms with E-state index in [1.807, 2.05) is 35.0 Å². The van der Waals surface area contributed by atoms with Crippen LogP contribution in [0.3, 0.4) is 0 Å². The topological polar surface area (TPSA) is 53.8 Å². The Hall–Kier alpha value is -2.56. The minimum atomic E-state index is -0.255. The molecule has 4 rings (SSSR count). The van der Waals surface area contributed by atoms with Crippen LogP contribution in [0.25, 0.3) is 11.3 Å². The number of rotatable bonds is 2. The van der Waals surface area contributed by atoms with Gasteiger partial charge >= 0.3 is 0 Å². The Labute approximate surface area is 172 Å². The van der Waals surface area contributed by atoms with Gasteiger partial charge < -0.3 is 14.2 Å². The molecule has 29 heavy (non-hydrogen) atoms. The predicted molar refractivity (Wildman–Crippen MR) is 113 cm³/mol. The van der Waals surface area contributed by atoms with E-state index in [0.717, 1.165) is 31.4 Å². The van der Waals surface area contributed by atoms with Crippen molar-refractivity contribution >= 4 is 11.8 Å². The number of likely N-dealkylation sites (tertiary alicyclic amines) is 2. The smallest absolute Gasteiger partial charge is 0.289 e. The summed E-state index contributed by atoms with van der Waals surface area (Å²) < 4.78 is 5.90. The van der Waals surface area contributed by atoms with Crippen LogP contribution in [0.1, 0.15) is 56.2 Å². The summed E-state index contributed by atoms with van der Waals surface area (Å²) in [4.78, 5) is 29.0. The van der Waals surface area contributed by atoms with E-state index in [0.29, 0.717) is 24.6 Å². The summed E-state index contributed by atoms with van der Waals surface area (Å²) in [7, 11) is 1.87. The summed E-state index contributed by atoms with van der Waals surface area (Å²) in [6.07, 6.45) is 2.38. The number of carbonyl (C=O) groups excluding carboxylic acids is 2. The van der Waals surface area contributed by atoms with Crippen molar-refractivity contribution in [2.75, 3.05) is 26.7 Å². The lowest BCUT2D eigenvalue weighted by atomic mass is 9.77. The van der Waals surface area contributed by atoms with E-state index in [4.69, 9.17) is 4.42 Å². The highest BCUT2D eigenvalue weighted by molar-refractivity contribution is 5.92. The largest absolute Gasteiger partial charge is 0.451 e. The van der Waals surface area contributed by atoms with Gasteiger partial charge in [0.25, 0.3) is 5.91 Å². The van der Waals surface area contributed by atoms with Gasteiger partial charge in [-0.2, -0.15) is 0 Å². The van der Waals surface area contributed by atoms with Gasteiger partial charge in [-0.25, -0.2) is 0 Å². The van der Waals surface area contributed by atoms with Crippen LogP contribution < -0.4 is 0 Å². The Morgan fingerprint density at radius 1 is 0.966 bits per heavy atom. The predicted octanol–water partition coefficient (Wildman–Crippen LogP) is 4.33. The van der Waals surface area contributed by atoms with Gasteiger partial charge in [0.2, 0.25) is 5.91 Å². The first kappa shape index (κ1) is 19.7. The first-order chi connectivity index (χ1) is 13.7. The molecule has 0 radical (unpaired) electrons. The Morgan fingerprint density at radius 3 is 2.14 bits per heavy atom. The Balaban J connectivity index is 1.44. The molecular weight excluding hydrogens is 364 g/mol. The fraction of sp³-hybridized carbons (Fsp3) is 0.500. The molecule has 154 valence electrons. The third kappa shape index (κ3) is 3.59.